The summed E-state index contributed by atoms with van der Waals surface area (Å²) in [5.74, 6) is -3.10. The van der Waals surface area contributed by atoms with Crippen molar-refractivity contribution in [2.75, 3.05) is 6.61 Å². The van der Waals surface area contributed by atoms with Crippen molar-refractivity contribution in [2.45, 2.75) is 110 Å². The first kappa shape index (κ1) is 43.0. The third-order valence-corrected chi connectivity index (χ3v) is 9.01. The molecule has 14 heteroatoms. The number of aliphatic hydroxyl groups is 1. The van der Waals surface area contributed by atoms with Gasteiger partial charge < -0.3 is 36.8 Å². The van der Waals surface area contributed by atoms with Crippen molar-refractivity contribution in [1.82, 2.24) is 21.3 Å². The SMILES string of the molecule is CCC(C)C(NC(=O)Cc1cccc(OC(F)(F)F)c1)C(=O)N[C@@H](Cc1ccccc1)[C@@H](N)CC(=O)N[C@H](C(=O)N[C@H](CO)C(C)C)[C@@H](C)CC. The van der Waals surface area contributed by atoms with Crippen molar-refractivity contribution < 1.29 is 42.2 Å². The van der Waals surface area contributed by atoms with Crippen molar-refractivity contribution >= 4 is 23.6 Å². The second kappa shape index (κ2) is 20.6. The number of ether oxygens (including phenoxy) is 1. The molecular weight excluding hydrogens is 667 g/mol. The van der Waals surface area contributed by atoms with Crippen LogP contribution in [0.15, 0.2) is 54.6 Å². The molecule has 7 atom stereocenters. The Morgan fingerprint density at radius 1 is 0.765 bits per heavy atom. The zero-order chi connectivity index (χ0) is 38.3. The van der Waals surface area contributed by atoms with E-state index in [1.165, 1.54) is 12.1 Å². The average Bonchev–Trinajstić information content (AvgIpc) is 3.06. The molecule has 0 saturated carbocycles. The smallest absolute Gasteiger partial charge is 0.406 e. The van der Waals surface area contributed by atoms with Gasteiger partial charge in [0.25, 0.3) is 0 Å². The standard InChI is InChI=1S/C37H54F3N5O6/c1-7-23(5)33(44-31(47)19-26-15-12-16-27(17-26)51-37(38,39)40)35(49)42-29(18-25-13-10-9-11-14-25)28(41)20-32(48)45-34(24(6)8-2)36(50)43-30(21-46)22(3)4/h9-17,22-24,28-30,33-34,46H,7-8,18-21,41H2,1-6H3,(H,42,49)(H,43,50)(H,44,47)(H,45,48)/t23?,24-,28-,29-,30+,33?,34-/m0/s1. The molecule has 0 aliphatic rings. The molecule has 2 aromatic carbocycles. The number of alkyl halides is 3. The zero-order valence-electron chi connectivity index (χ0n) is 30.3. The number of hydrogen-bond acceptors (Lipinski definition) is 7. The number of carbonyl (C=O) groups is 4. The molecule has 0 fully saturated rings. The number of amides is 4. The van der Waals surface area contributed by atoms with E-state index in [2.05, 4.69) is 26.0 Å². The Labute approximate surface area is 298 Å². The minimum atomic E-state index is -4.89. The van der Waals surface area contributed by atoms with E-state index in [0.29, 0.717) is 12.8 Å². The molecule has 0 saturated heterocycles. The second-order valence-corrected chi connectivity index (χ2v) is 13.4. The van der Waals surface area contributed by atoms with Gasteiger partial charge in [-0.05, 0) is 47.4 Å². The van der Waals surface area contributed by atoms with E-state index in [9.17, 15) is 37.5 Å². The molecule has 11 nitrogen and oxygen atoms in total. The van der Waals surface area contributed by atoms with Gasteiger partial charge in [-0.15, -0.1) is 13.2 Å². The Hall–Kier alpha value is -4.17. The number of halogens is 3. The minimum Gasteiger partial charge on any atom is -0.406 e. The fraction of sp³-hybridized carbons (Fsp3) is 0.568. The van der Waals surface area contributed by atoms with Crippen LogP contribution in [0.2, 0.25) is 0 Å². The first-order valence-electron chi connectivity index (χ1n) is 17.4. The van der Waals surface area contributed by atoms with Gasteiger partial charge in [-0.3, -0.25) is 19.2 Å². The molecule has 0 radical (unpaired) electrons. The minimum absolute atomic E-state index is 0.0314. The number of hydrogen-bond donors (Lipinski definition) is 6. The third-order valence-electron chi connectivity index (χ3n) is 9.01. The monoisotopic (exact) mass is 721 g/mol. The Bertz CT molecular complexity index is 1410. The molecule has 0 spiro atoms. The summed E-state index contributed by atoms with van der Waals surface area (Å²) in [4.78, 5) is 53.5. The van der Waals surface area contributed by atoms with Crippen LogP contribution < -0.4 is 31.7 Å². The fourth-order valence-corrected chi connectivity index (χ4v) is 5.40. The van der Waals surface area contributed by atoms with Crippen LogP contribution in [-0.4, -0.2) is 71.9 Å². The van der Waals surface area contributed by atoms with Gasteiger partial charge in [0.15, 0.2) is 0 Å². The Morgan fingerprint density at radius 3 is 1.80 bits per heavy atom. The Kier molecular flexibility index (Phi) is 17.4. The first-order valence-corrected chi connectivity index (χ1v) is 17.4. The van der Waals surface area contributed by atoms with E-state index < -0.39 is 65.9 Å². The molecule has 2 unspecified atom stereocenters. The summed E-state index contributed by atoms with van der Waals surface area (Å²) in [5, 5.41) is 21.0. The van der Waals surface area contributed by atoms with Gasteiger partial charge >= 0.3 is 6.36 Å². The lowest BCUT2D eigenvalue weighted by atomic mass is 9.93. The van der Waals surface area contributed by atoms with Crippen LogP contribution in [0.3, 0.4) is 0 Å². The summed E-state index contributed by atoms with van der Waals surface area (Å²) >= 11 is 0. The fourth-order valence-electron chi connectivity index (χ4n) is 5.40. The van der Waals surface area contributed by atoms with Crippen LogP contribution in [0, 0.1) is 17.8 Å². The predicted octanol–water partition coefficient (Wildman–Crippen LogP) is 3.77. The van der Waals surface area contributed by atoms with E-state index in [1.54, 1.807) is 6.92 Å². The summed E-state index contributed by atoms with van der Waals surface area (Å²) in [6.07, 6.45) is -4.06. The van der Waals surface area contributed by atoms with Crippen LogP contribution in [0.1, 0.15) is 71.9 Å². The lowest BCUT2D eigenvalue weighted by molar-refractivity contribution is -0.274. The largest absolute Gasteiger partial charge is 0.573 e. The van der Waals surface area contributed by atoms with Crippen molar-refractivity contribution in [2.24, 2.45) is 23.5 Å². The van der Waals surface area contributed by atoms with Gasteiger partial charge in [-0.1, -0.05) is 96.8 Å². The Morgan fingerprint density at radius 2 is 1.29 bits per heavy atom. The molecule has 51 heavy (non-hydrogen) atoms. The molecule has 2 rings (SSSR count). The quantitative estimate of drug-likeness (QED) is 0.121. The normalized spacial score (nSPS) is 15.8. The summed E-state index contributed by atoms with van der Waals surface area (Å²) in [6.45, 7) is 10.8. The lowest BCUT2D eigenvalue weighted by Gasteiger charge is -2.31. The average molecular weight is 722 g/mol. The summed E-state index contributed by atoms with van der Waals surface area (Å²) < 4.78 is 42.1. The van der Waals surface area contributed by atoms with Crippen LogP contribution in [-0.2, 0) is 32.0 Å². The second-order valence-electron chi connectivity index (χ2n) is 13.4. The van der Waals surface area contributed by atoms with E-state index in [4.69, 9.17) is 5.73 Å². The van der Waals surface area contributed by atoms with Crippen LogP contribution >= 0.6 is 0 Å². The van der Waals surface area contributed by atoms with Crippen molar-refractivity contribution in [1.29, 1.82) is 0 Å². The van der Waals surface area contributed by atoms with E-state index in [-0.39, 0.29) is 49.2 Å². The van der Waals surface area contributed by atoms with Crippen LogP contribution in [0.4, 0.5) is 13.2 Å². The topological polar surface area (TPSA) is 172 Å². The third kappa shape index (κ3) is 14.9. The van der Waals surface area contributed by atoms with Gasteiger partial charge in [-0.25, -0.2) is 0 Å². The van der Waals surface area contributed by atoms with E-state index in [1.807, 2.05) is 65.0 Å². The molecule has 2 aromatic rings. The maximum Gasteiger partial charge on any atom is 0.573 e. The number of nitrogens with one attached hydrogen (secondary N) is 4. The highest BCUT2D eigenvalue weighted by molar-refractivity contribution is 5.90. The first-order chi connectivity index (χ1) is 24.0. The lowest BCUT2D eigenvalue weighted by Crippen LogP contribution is -2.58. The zero-order valence-corrected chi connectivity index (χ0v) is 30.3. The molecule has 284 valence electrons. The molecule has 0 bridgehead atoms. The van der Waals surface area contributed by atoms with E-state index >= 15 is 0 Å². The van der Waals surface area contributed by atoms with Crippen molar-refractivity contribution in [3.63, 3.8) is 0 Å². The van der Waals surface area contributed by atoms with Crippen molar-refractivity contribution in [3.8, 4) is 5.75 Å². The van der Waals surface area contributed by atoms with Crippen LogP contribution in [0.25, 0.3) is 0 Å². The molecule has 7 N–H and O–H groups in total. The number of aliphatic hydroxyl groups excluding tert-OH is 1. The molecular formula is C37H54F3N5O6. The summed E-state index contributed by atoms with van der Waals surface area (Å²) in [5.41, 5.74) is 7.69. The molecule has 0 aliphatic heterocycles. The highest BCUT2D eigenvalue weighted by atomic mass is 19.4. The van der Waals surface area contributed by atoms with Gasteiger partial charge in [0.05, 0.1) is 19.1 Å². The maximum absolute atomic E-state index is 13.8. The summed E-state index contributed by atoms with van der Waals surface area (Å²) in [7, 11) is 0. The highest BCUT2D eigenvalue weighted by Crippen LogP contribution is 2.23. The van der Waals surface area contributed by atoms with Gasteiger partial charge in [0.1, 0.15) is 17.8 Å². The number of benzene rings is 2. The van der Waals surface area contributed by atoms with Gasteiger partial charge in [0, 0.05) is 18.5 Å². The van der Waals surface area contributed by atoms with Gasteiger partial charge in [0.2, 0.25) is 23.6 Å². The number of carbonyl (C=O) groups excluding carboxylic acids is 4. The van der Waals surface area contributed by atoms with Crippen molar-refractivity contribution in [3.05, 3.63) is 65.7 Å². The molecule has 4 amide bonds. The molecule has 0 aromatic heterocycles. The number of nitrogens with two attached hydrogens (primary N) is 1. The van der Waals surface area contributed by atoms with Gasteiger partial charge in [-0.2, -0.15) is 0 Å². The predicted molar refractivity (Wildman–Crippen MR) is 188 cm³/mol. The van der Waals surface area contributed by atoms with Crippen LogP contribution in [0.5, 0.6) is 5.75 Å². The molecule has 0 aliphatic carbocycles. The van der Waals surface area contributed by atoms with E-state index in [0.717, 1.165) is 17.7 Å². The molecule has 0 heterocycles. The number of rotatable bonds is 20. The summed E-state index contributed by atoms with van der Waals surface area (Å²) in [6, 6.07) is 10.2. The highest BCUT2D eigenvalue weighted by Gasteiger charge is 2.33. The Balaban J connectivity index is 2.24. The maximum atomic E-state index is 13.8.